The van der Waals surface area contributed by atoms with Crippen molar-refractivity contribution in [3.05, 3.63) is 34.3 Å². The van der Waals surface area contributed by atoms with E-state index in [-0.39, 0.29) is 5.91 Å². The van der Waals surface area contributed by atoms with Crippen LogP contribution in [0.1, 0.15) is 28.8 Å². The van der Waals surface area contributed by atoms with Crippen LogP contribution in [0.5, 0.6) is 0 Å². The first-order chi connectivity index (χ1) is 8.09. The van der Waals surface area contributed by atoms with Gasteiger partial charge in [-0.1, -0.05) is 23.7 Å². The van der Waals surface area contributed by atoms with Crippen LogP contribution < -0.4 is 0 Å². The topological polar surface area (TPSA) is 20.3 Å². The van der Waals surface area contributed by atoms with Crippen molar-refractivity contribution < 1.29 is 9.18 Å². The van der Waals surface area contributed by atoms with E-state index in [4.69, 9.17) is 11.6 Å². The summed E-state index contributed by atoms with van der Waals surface area (Å²) in [5.41, 5.74) is 1.40. The summed E-state index contributed by atoms with van der Waals surface area (Å²) in [6, 6.07) is 5.41. The molecule has 0 N–H and O–H groups in total. The largest absolute Gasteiger partial charge is 0.338 e. The number of benzene rings is 1. The van der Waals surface area contributed by atoms with E-state index in [1.165, 1.54) is 0 Å². The van der Waals surface area contributed by atoms with E-state index in [1.807, 2.05) is 19.1 Å². The molecule has 1 aliphatic rings. The summed E-state index contributed by atoms with van der Waals surface area (Å²) in [6.45, 7) is 2.82. The van der Waals surface area contributed by atoms with Gasteiger partial charge in [0.05, 0.1) is 10.6 Å². The molecular weight excluding hydrogens is 241 g/mol. The number of nitrogens with zero attached hydrogens (tertiary/aromatic N) is 1. The normalized spacial score (nSPS) is 17.2. The maximum atomic E-state index is 13.0. The number of piperidine rings is 1. The lowest BCUT2D eigenvalue weighted by Gasteiger charge is -2.29. The van der Waals surface area contributed by atoms with E-state index >= 15 is 0 Å². The maximum absolute atomic E-state index is 13.0. The minimum Gasteiger partial charge on any atom is -0.338 e. The van der Waals surface area contributed by atoms with Crippen molar-refractivity contribution in [3.8, 4) is 0 Å². The second kappa shape index (κ2) is 5.05. The second-order valence-corrected chi connectivity index (χ2v) is 4.78. The zero-order valence-electron chi connectivity index (χ0n) is 9.75. The molecule has 17 heavy (non-hydrogen) atoms. The van der Waals surface area contributed by atoms with Gasteiger partial charge in [0.2, 0.25) is 0 Å². The third-order valence-corrected chi connectivity index (χ3v) is 3.64. The van der Waals surface area contributed by atoms with Crippen LogP contribution in [0.4, 0.5) is 4.39 Å². The Morgan fingerprint density at radius 2 is 2.06 bits per heavy atom. The van der Waals surface area contributed by atoms with Crippen LogP contribution in [0, 0.1) is 6.92 Å². The van der Waals surface area contributed by atoms with Crippen molar-refractivity contribution in [2.45, 2.75) is 25.9 Å². The van der Waals surface area contributed by atoms with Crippen molar-refractivity contribution >= 4 is 17.5 Å². The standard InChI is InChI=1S/C13H15ClFNO/c1-9-3-2-4-11(12(9)14)13(17)16-7-5-10(15)6-8-16/h2-4,10H,5-8H2,1H3. The van der Waals surface area contributed by atoms with Gasteiger partial charge < -0.3 is 4.90 Å². The Kier molecular flexibility index (Phi) is 3.67. The lowest BCUT2D eigenvalue weighted by molar-refractivity contribution is 0.0667. The first-order valence-electron chi connectivity index (χ1n) is 5.78. The molecule has 0 aromatic heterocycles. The van der Waals surface area contributed by atoms with E-state index in [0.29, 0.717) is 36.5 Å². The van der Waals surface area contributed by atoms with Gasteiger partial charge >= 0.3 is 0 Å². The molecule has 0 radical (unpaired) electrons. The third-order valence-electron chi connectivity index (χ3n) is 3.13. The van der Waals surface area contributed by atoms with Gasteiger partial charge in [0, 0.05) is 13.1 Å². The van der Waals surface area contributed by atoms with Crippen LogP contribution in [-0.2, 0) is 0 Å². The van der Waals surface area contributed by atoms with Crippen molar-refractivity contribution in [3.63, 3.8) is 0 Å². The molecule has 1 aliphatic heterocycles. The van der Waals surface area contributed by atoms with Crippen LogP contribution in [0.15, 0.2) is 18.2 Å². The van der Waals surface area contributed by atoms with Crippen LogP contribution in [0.25, 0.3) is 0 Å². The number of aryl methyl sites for hydroxylation is 1. The number of halogens is 2. The third kappa shape index (κ3) is 2.60. The highest BCUT2D eigenvalue weighted by molar-refractivity contribution is 6.34. The zero-order chi connectivity index (χ0) is 12.4. The lowest BCUT2D eigenvalue weighted by Crippen LogP contribution is -2.39. The monoisotopic (exact) mass is 255 g/mol. The van der Waals surface area contributed by atoms with E-state index in [2.05, 4.69) is 0 Å². The Bertz CT molecular complexity index is 427. The first-order valence-corrected chi connectivity index (χ1v) is 6.16. The van der Waals surface area contributed by atoms with Crippen LogP contribution in [0.3, 0.4) is 0 Å². The van der Waals surface area contributed by atoms with Gasteiger partial charge in [-0.05, 0) is 31.4 Å². The predicted octanol–water partition coefficient (Wildman–Crippen LogP) is 3.22. The molecule has 2 rings (SSSR count). The van der Waals surface area contributed by atoms with E-state index in [1.54, 1.807) is 11.0 Å². The maximum Gasteiger partial charge on any atom is 0.255 e. The highest BCUT2D eigenvalue weighted by atomic mass is 35.5. The SMILES string of the molecule is Cc1cccc(C(=O)N2CCC(F)CC2)c1Cl. The molecule has 0 atom stereocenters. The molecular formula is C13H15ClFNO. The number of alkyl halides is 1. The number of likely N-dealkylation sites (tertiary alicyclic amines) is 1. The summed E-state index contributed by atoms with van der Waals surface area (Å²) in [5.74, 6) is -0.0920. The van der Waals surface area contributed by atoms with Crippen LogP contribution >= 0.6 is 11.6 Å². The van der Waals surface area contributed by atoms with Gasteiger partial charge in [-0.25, -0.2) is 4.39 Å². The Hall–Kier alpha value is -1.09. The zero-order valence-corrected chi connectivity index (χ0v) is 10.5. The van der Waals surface area contributed by atoms with Crippen LogP contribution in [-0.4, -0.2) is 30.1 Å². The van der Waals surface area contributed by atoms with Crippen molar-refractivity contribution in [1.82, 2.24) is 4.90 Å². The molecule has 1 amide bonds. The van der Waals surface area contributed by atoms with Gasteiger partial charge in [-0.2, -0.15) is 0 Å². The molecule has 1 aromatic carbocycles. The molecule has 0 aliphatic carbocycles. The smallest absolute Gasteiger partial charge is 0.255 e. The van der Waals surface area contributed by atoms with E-state index < -0.39 is 6.17 Å². The van der Waals surface area contributed by atoms with E-state index in [0.717, 1.165) is 5.56 Å². The quantitative estimate of drug-likeness (QED) is 0.755. The Morgan fingerprint density at radius 3 is 2.71 bits per heavy atom. The van der Waals surface area contributed by atoms with Gasteiger partial charge in [-0.3, -0.25) is 4.79 Å². The van der Waals surface area contributed by atoms with Gasteiger partial charge in [0.1, 0.15) is 6.17 Å². The van der Waals surface area contributed by atoms with Crippen LogP contribution in [0.2, 0.25) is 5.02 Å². The van der Waals surface area contributed by atoms with Crippen molar-refractivity contribution in [2.24, 2.45) is 0 Å². The summed E-state index contributed by atoms with van der Waals surface area (Å²) in [4.78, 5) is 13.9. The summed E-state index contributed by atoms with van der Waals surface area (Å²) in [5, 5.41) is 0.500. The molecule has 0 bridgehead atoms. The molecule has 1 fully saturated rings. The number of amides is 1. The first kappa shape index (κ1) is 12.4. The molecule has 1 aromatic rings. The van der Waals surface area contributed by atoms with Gasteiger partial charge in [0.15, 0.2) is 0 Å². The summed E-state index contributed by atoms with van der Waals surface area (Å²) in [6.07, 6.45) is 0.0803. The molecule has 1 saturated heterocycles. The fourth-order valence-electron chi connectivity index (χ4n) is 2.03. The number of carbonyl (C=O) groups is 1. The van der Waals surface area contributed by atoms with E-state index in [9.17, 15) is 9.18 Å². The lowest BCUT2D eigenvalue weighted by atomic mass is 10.1. The molecule has 2 nitrogen and oxygen atoms in total. The molecule has 0 saturated carbocycles. The Labute approximate surface area is 105 Å². The number of hydrogen-bond donors (Lipinski definition) is 0. The second-order valence-electron chi connectivity index (χ2n) is 4.40. The van der Waals surface area contributed by atoms with Gasteiger partial charge in [0.25, 0.3) is 5.91 Å². The minimum atomic E-state index is -0.771. The molecule has 1 heterocycles. The molecule has 0 unspecified atom stereocenters. The number of rotatable bonds is 1. The molecule has 92 valence electrons. The summed E-state index contributed by atoms with van der Waals surface area (Å²) < 4.78 is 13.0. The fraction of sp³-hybridized carbons (Fsp3) is 0.462. The minimum absolute atomic E-state index is 0.0920. The average molecular weight is 256 g/mol. The van der Waals surface area contributed by atoms with Crippen molar-refractivity contribution in [2.75, 3.05) is 13.1 Å². The fourth-order valence-corrected chi connectivity index (χ4v) is 2.24. The molecule has 0 spiro atoms. The average Bonchev–Trinajstić information content (AvgIpc) is 2.33. The molecule has 4 heteroatoms. The number of carbonyl (C=O) groups excluding carboxylic acids is 1. The Balaban J connectivity index is 2.17. The Morgan fingerprint density at radius 1 is 1.41 bits per heavy atom. The highest BCUT2D eigenvalue weighted by Crippen LogP contribution is 2.23. The predicted molar refractivity (Wildman–Crippen MR) is 66.2 cm³/mol. The summed E-state index contributed by atoms with van der Waals surface area (Å²) >= 11 is 6.11. The van der Waals surface area contributed by atoms with Crippen molar-refractivity contribution in [1.29, 1.82) is 0 Å². The number of hydrogen-bond acceptors (Lipinski definition) is 1. The highest BCUT2D eigenvalue weighted by Gasteiger charge is 2.24. The summed E-state index contributed by atoms with van der Waals surface area (Å²) in [7, 11) is 0. The van der Waals surface area contributed by atoms with Gasteiger partial charge in [-0.15, -0.1) is 0 Å².